The van der Waals surface area contributed by atoms with E-state index in [0.717, 1.165) is 51.5 Å². The molecule has 0 aromatic heterocycles. The summed E-state index contributed by atoms with van der Waals surface area (Å²) < 4.78 is 0. The van der Waals surface area contributed by atoms with Crippen LogP contribution in [0.4, 0.5) is 0 Å². The summed E-state index contributed by atoms with van der Waals surface area (Å²) in [6.07, 6.45) is 22.3. The highest BCUT2D eigenvalue weighted by Gasteiger charge is 2.61. The first-order valence-corrected chi connectivity index (χ1v) is 15.1. The van der Waals surface area contributed by atoms with Crippen molar-refractivity contribution < 1.29 is 9.59 Å². The minimum atomic E-state index is -0.663. The number of nitrogens with one attached hydrogen (secondary N) is 3. The fourth-order valence-electron chi connectivity index (χ4n) is 9.11. The summed E-state index contributed by atoms with van der Waals surface area (Å²) in [5.74, 6) is -0.337. The quantitative estimate of drug-likeness (QED) is 0.287. The third-order valence-corrected chi connectivity index (χ3v) is 11.1. The van der Waals surface area contributed by atoms with Gasteiger partial charge in [-0.15, -0.1) is 4.91 Å². The van der Waals surface area contributed by atoms with Gasteiger partial charge in [0.15, 0.2) is 0 Å². The second-order valence-corrected chi connectivity index (χ2v) is 12.8. The molecule has 40 heavy (non-hydrogen) atoms. The van der Waals surface area contributed by atoms with E-state index in [-0.39, 0.29) is 40.7 Å². The van der Waals surface area contributed by atoms with Crippen molar-refractivity contribution in [3.8, 4) is 0 Å². The molecule has 1 heterocycles. The van der Waals surface area contributed by atoms with Gasteiger partial charge >= 0.3 is 0 Å². The lowest BCUT2D eigenvalue weighted by atomic mass is 9.47. The zero-order valence-corrected chi connectivity index (χ0v) is 23.3. The second kappa shape index (κ2) is 10.4. The first kappa shape index (κ1) is 27.1. The SMILES string of the molecule is CCC1=CNCC(C2=CCC3[C@]4(N)CCC5C=C(C(=O)N[C@@H]6CCC[C@@H]6C(=O)N=O)C=CC5C4CC[C@]23C=N)=C1. The van der Waals surface area contributed by atoms with Crippen LogP contribution in [-0.4, -0.2) is 36.2 Å². The molecule has 8 atom stereocenters. The maximum Gasteiger partial charge on any atom is 0.291 e. The van der Waals surface area contributed by atoms with Crippen LogP contribution in [0.5, 0.6) is 0 Å². The number of nitrogens with two attached hydrogens (primary N) is 1. The van der Waals surface area contributed by atoms with Crippen LogP contribution in [0.2, 0.25) is 0 Å². The molecule has 3 fully saturated rings. The van der Waals surface area contributed by atoms with Crippen molar-refractivity contribution in [1.82, 2.24) is 10.6 Å². The number of carbonyl (C=O) groups is 2. The van der Waals surface area contributed by atoms with Crippen molar-refractivity contribution in [2.75, 3.05) is 6.54 Å². The maximum atomic E-state index is 13.2. The second-order valence-electron chi connectivity index (χ2n) is 12.8. The van der Waals surface area contributed by atoms with Crippen molar-refractivity contribution in [1.29, 1.82) is 5.41 Å². The predicted molar refractivity (Wildman–Crippen MR) is 155 cm³/mol. The lowest BCUT2D eigenvalue weighted by molar-refractivity contribution is -0.123. The Morgan fingerprint density at radius 2 is 2.10 bits per heavy atom. The number of rotatable bonds is 6. The molecular formula is C32H41N5O3. The van der Waals surface area contributed by atoms with Gasteiger partial charge < -0.3 is 21.8 Å². The van der Waals surface area contributed by atoms with Gasteiger partial charge in [0.05, 0.1) is 5.92 Å². The van der Waals surface area contributed by atoms with E-state index in [1.807, 2.05) is 6.08 Å². The minimum absolute atomic E-state index is 0.180. The van der Waals surface area contributed by atoms with E-state index in [1.54, 1.807) is 6.21 Å². The Morgan fingerprint density at radius 3 is 2.88 bits per heavy atom. The number of hydrogen-bond donors (Lipinski definition) is 4. The van der Waals surface area contributed by atoms with E-state index in [2.05, 4.69) is 53.2 Å². The van der Waals surface area contributed by atoms with E-state index in [1.165, 1.54) is 16.7 Å². The first-order chi connectivity index (χ1) is 19.3. The highest BCUT2D eigenvalue weighted by Crippen LogP contribution is 2.63. The lowest BCUT2D eigenvalue weighted by Crippen LogP contribution is -2.65. The van der Waals surface area contributed by atoms with E-state index in [0.29, 0.717) is 24.3 Å². The molecule has 3 saturated carbocycles. The molecule has 0 radical (unpaired) electrons. The van der Waals surface area contributed by atoms with Crippen LogP contribution in [0.15, 0.2) is 64.0 Å². The number of carbonyl (C=O) groups excluding carboxylic acids is 2. The number of dihydropyridines is 1. The first-order valence-electron chi connectivity index (χ1n) is 15.1. The van der Waals surface area contributed by atoms with Gasteiger partial charge in [0.1, 0.15) is 0 Å². The molecule has 0 spiro atoms. The van der Waals surface area contributed by atoms with Crippen molar-refractivity contribution in [3.63, 3.8) is 0 Å². The molecule has 2 amide bonds. The highest BCUT2D eigenvalue weighted by molar-refractivity contribution is 5.97. The van der Waals surface area contributed by atoms with E-state index >= 15 is 0 Å². The molecule has 5 N–H and O–H groups in total. The van der Waals surface area contributed by atoms with Crippen LogP contribution in [0.25, 0.3) is 0 Å². The minimum Gasteiger partial charge on any atom is -0.387 e. The van der Waals surface area contributed by atoms with Gasteiger partial charge in [-0.2, -0.15) is 0 Å². The van der Waals surface area contributed by atoms with Gasteiger partial charge in [0, 0.05) is 40.5 Å². The van der Waals surface area contributed by atoms with Gasteiger partial charge in [-0.1, -0.05) is 43.7 Å². The largest absolute Gasteiger partial charge is 0.387 e. The molecule has 212 valence electrons. The van der Waals surface area contributed by atoms with Crippen molar-refractivity contribution in [2.24, 2.45) is 45.9 Å². The number of fused-ring (bicyclic) bond motifs is 5. The topological polar surface area (TPSA) is 138 Å². The monoisotopic (exact) mass is 543 g/mol. The molecule has 8 nitrogen and oxygen atoms in total. The average molecular weight is 544 g/mol. The average Bonchev–Trinajstić information content (AvgIpc) is 3.62. The van der Waals surface area contributed by atoms with Crippen LogP contribution in [0, 0.1) is 45.3 Å². The van der Waals surface area contributed by atoms with Crippen LogP contribution in [-0.2, 0) is 9.59 Å². The van der Waals surface area contributed by atoms with Gasteiger partial charge in [0.25, 0.3) is 11.8 Å². The fraction of sp³-hybridized carbons (Fsp3) is 0.594. The van der Waals surface area contributed by atoms with E-state index in [9.17, 15) is 14.5 Å². The molecule has 8 heteroatoms. The zero-order valence-electron chi connectivity index (χ0n) is 23.3. The molecule has 6 rings (SSSR count). The summed E-state index contributed by atoms with van der Waals surface area (Å²) in [4.78, 5) is 35.9. The normalized spacial score (nSPS) is 39.8. The van der Waals surface area contributed by atoms with E-state index < -0.39 is 11.8 Å². The fourth-order valence-corrected chi connectivity index (χ4v) is 9.11. The summed E-state index contributed by atoms with van der Waals surface area (Å²) in [5.41, 5.74) is 11.3. The molecule has 5 aliphatic carbocycles. The summed E-state index contributed by atoms with van der Waals surface area (Å²) in [7, 11) is 0. The van der Waals surface area contributed by atoms with Gasteiger partial charge in [-0.3, -0.25) is 9.59 Å². The number of amides is 2. The maximum absolute atomic E-state index is 13.2. The Labute approximate surface area is 236 Å². The Balaban J connectivity index is 1.19. The van der Waals surface area contributed by atoms with Crippen LogP contribution < -0.4 is 16.4 Å². The van der Waals surface area contributed by atoms with Crippen molar-refractivity contribution in [2.45, 2.75) is 76.3 Å². The van der Waals surface area contributed by atoms with Crippen LogP contribution in [0.3, 0.4) is 0 Å². The molecule has 0 bridgehead atoms. The van der Waals surface area contributed by atoms with Crippen molar-refractivity contribution in [3.05, 3.63) is 63.8 Å². The molecule has 0 aromatic carbocycles. The molecular weight excluding hydrogens is 502 g/mol. The zero-order chi connectivity index (χ0) is 28.1. The van der Waals surface area contributed by atoms with E-state index in [4.69, 9.17) is 11.1 Å². The predicted octanol–water partition coefficient (Wildman–Crippen LogP) is 4.60. The van der Waals surface area contributed by atoms with Gasteiger partial charge in [-0.25, -0.2) is 0 Å². The summed E-state index contributed by atoms with van der Waals surface area (Å²) in [6, 6.07) is -0.331. The summed E-state index contributed by atoms with van der Waals surface area (Å²) in [5, 5.41) is 17.7. The number of hydrogen-bond acceptors (Lipinski definition) is 6. The molecule has 6 aliphatic rings. The molecule has 4 unspecified atom stereocenters. The molecule has 0 saturated heterocycles. The molecule has 0 aromatic rings. The highest BCUT2D eigenvalue weighted by atomic mass is 16.3. The number of allylic oxidation sites excluding steroid dienone is 5. The third kappa shape index (κ3) is 4.18. The molecule has 1 aliphatic heterocycles. The number of nitrogens with zero attached hydrogens (tertiary/aromatic N) is 1. The summed E-state index contributed by atoms with van der Waals surface area (Å²) in [6.45, 7) is 2.96. The number of nitroso groups, excluding NO2 is 1. The summed E-state index contributed by atoms with van der Waals surface area (Å²) >= 11 is 0. The van der Waals surface area contributed by atoms with Crippen LogP contribution in [0.1, 0.15) is 64.7 Å². The standard InChI is InChI=1S/C32H41N5O3/c1-2-19-14-22(17-35-16-19)25-8-9-28-31(25,18-33)12-11-26-23-7-6-21(15-20(23)10-13-32(26,28)34)29(38)36-27-5-3-4-24(27)30(39)37-40/h6-8,14-16,18,20,23-24,26-28,33,35H,2-5,9-13,17,34H2,1H3,(H,36,38)/t20?,23?,24-,26?,27+,28?,31-,32-/m0/s1. The van der Waals surface area contributed by atoms with Gasteiger partial charge in [0.2, 0.25) is 0 Å². The van der Waals surface area contributed by atoms with Crippen LogP contribution >= 0.6 is 0 Å². The smallest absolute Gasteiger partial charge is 0.291 e. The Kier molecular flexibility index (Phi) is 7.01. The Bertz CT molecular complexity index is 1280. The lowest BCUT2D eigenvalue weighted by Gasteiger charge is -2.59. The Morgan fingerprint density at radius 1 is 1.25 bits per heavy atom. The third-order valence-electron chi connectivity index (χ3n) is 11.1. The Hall–Kier alpha value is -3.13. The van der Waals surface area contributed by atoms with Crippen molar-refractivity contribution >= 4 is 18.0 Å². The van der Waals surface area contributed by atoms with Gasteiger partial charge in [-0.05, 0) is 98.0 Å².